The second-order valence-corrected chi connectivity index (χ2v) is 6.54. The van der Waals surface area contributed by atoms with Crippen molar-refractivity contribution in [2.45, 2.75) is 19.3 Å². The van der Waals surface area contributed by atoms with Crippen LogP contribution in [-0.4, -0.2) is 32.7 Å². The zero-order valence-corrected chi connectivity index (χ0v) is 13.2. The summed E-state index contributed by atoms with van der Waals surface area (Å²) in [6, 6.07) is 1.83. The Morgan fingerprint density at radius 2 is 2.38 bits per heavy atom. The van der Waals surface area contributed by atoms with Crippen molar-refractivity contribution in [3.05, 3.63) is 23.6 Å². The molecule has 1 aliphatic rings. The van der Waals surface area contributed by atoms with Crippen molar-refractivity contribution in [2.24, 2.45) is 5.41 Å². The molecule has 1 saturated carbocycles. The predicted octanol–water partition coefficient (Wildman–Crippen LogP) is 2.47. The number of hydrogen-bond donors (Lipinski definition) is 3. The second-order valence-electron chi connectivity index (χ2n) is 5.49. The molecule has 2 rings (SSSR count). The monoisotopic (exact) mass is 309 g/mol. The number of nitrogen functional groups attached to an aromatic ring is 1. The van der Waals surface area contributed by atoms with Crippen LogP contribution in [0.1, 0.15) is 28.9 Å². The molecule has 0 aliphatic heterocycles. The number of hydrogen-bond acceptors (Lipinski definition) is 5. The number of ether oxygens (including phenoxy) is 1. The molecular weight excluding hydrogens is 286 g/mol. The predicted molar refractivity (Wildman–Crippen MR) is 87.9 cm³/mol. The van der Waals surface area contributed by atoms with E-state index in [0.29, 0.717) is 22.5 Å². The Morgan fingerprint density at radius 1 is 1.62 bits per heavy atom. The fourth-order valence-corrected chi connectivity index (χ4v) is 3.09. The molecule has 0 aromatic carbocycles. The standard InChI is InChI=1S/C15H23N3O2S/c1-3-7-17-14(19)13-11(16)9-12(21-13)18-10-15(4-5-15)6-8-20-2/h3,9,18H,1,4-8,10,16H2,2H3,(H,17,19). The number of methoxy groups -OCH3 is 1. The smallest absolute Gasteiger partial charge is 0.263 e. The van der Waals surface area contributed by atoms with E-state index in [4.69, 9.17) is 10.5 Å². The SMILES string of the molecule is C=CCNC(=O)c1sc(NCC2(CCOC)CC2)cc1N. The van der Waals surface area contributed by atoms with Gasteiger partial charge in [-0.15, -0.1) is 17.9 Å². The third-order valence-electron chi connectivity index (χ3n) is 3.81. The summed E-state index contributed by atoms with van der Waals surface area (Å²) >= 11 is 1.40. The summed E-state index contributed by atoms with van der Waals surface area (Å²) in [7, 11) is 1.73. The molecule has 1 aliphatic carbocycles. The van der Waals surface area contributed by atoms with Gasteiger partial charge in [0.2, 0.25) is 0 Å². The van der Waals surface area contributed by atoms with Crippen LogP contribution in [0, 0.1) is 5.41 Å². The summed E-state index contributed by atoms with van der Waals surface area (Å²) in [5.41, 5.74) is 6.79. The lowest BCUT2D eigenvalue weighted by Gasteiger charge is -2.15. The van der Waals surface area contributed by atoms with Crippen molar-refractivity contribution in [1.29, 1.82) is 0 Å². The maximum Gasteiger partial charge on any atom is 0.263 e. The average Bonchev–Trinajstić information content (AvgIpc) is 3.16. The zero-order valence-electron chi connectivity index (χ0n) is 12.4. The summed E-state index contributed by atoms with van der Waals surface area (Å²) in [6.07, 6.45) is 5.19. The van der Waals surface area contributed by atoms with Crippen molar-refractivity contribution in [3.8, 4) is 0 Å². The summed E-state index contributed by atoms with van der Waals surface area (Å²) in [4.78, 5) is 12.5. The number of anilines is 2. The van der Waals surface area contributed by atoms with E-state index in [1.54, 1.807) is 13.2 Å². The number of nitrogens with one attached hydrogen (secondary N) is 2. The zero-order chi connectivity index (χ0) is 15.3. The highest BCUT2D eigenvalue weighted by molar-refractivity contribution is 7.18. The molecular formula is C15H23N3O2S. The lowest BCUT2D eigenvalue weighted by Crippen LogP contribution is -2.22. The number of amides is 1. The van der Waals surface area contributed by atoms with Crippen LogP contribution in [0.25, 0.3) is 0 Å². The molecule has 1 aromatic rings. The van der Waals surface area contributed by atoms with Gasteiger partial charge in [0.05, 0.1) is 10.7 Å². The lowest BCUT2D eigenvalue weighted by molar-refractivity contribution is 0.0963. The van der Waals surface area contributed by atoms with Crippen LogP contribution in [0.5, 0.6) is 0 Å². The van der Waals surface area contributed by atoms with Crippen LogP contribution in [0.3, 0.4) is 0 Å². The first-order valence-electron chi connectivity index (χ1n) is 7.11. The Morgan fingerprint density at radius 3 is 3.00 bits per heavy atom. The van der Waals surface area contributed by atoms with Crippen LogP contribution in [0.15, 0.2) is 18.7 Å². The maximum atomic E-state index is 11.9. The molecule has 1 aromatic heterocycles. The topological polar surface area (TPSA) is 76.4 Å². The first-order chi connectivity index (χ1) is 10.1. The number of rotatable bonds is 9. The van der Waals surface area contributed by atoms with Crippen LogP contribution >= 0.6 is 11.3 Å². The van der Waals surface area contributed by atoms with Gasteiger partial charge in [0, 0.05) is 26.8 Å². The molecule has 5 nitrogen and oxygen atoms in total. The summed E-state index contributed by atoms with van der Waals surface area (Å²) in [5, 5.41) is 7.10. The molecule has 0 bridgehead atoms. The van der Waals surface area contributed by atoms with E-state index in [-0.39, 0.29) is 5.91 Å². The normalized spacial score (nSPS) is 15.5. The first-order valence-corrected chi connectivity index (χ1v) is 7.93. The van der Waals surface area contributed by atoms with E-state index >= 15 is 0 Å². The first kappa shape index (κ1) is 15.9. The number of thiophene rings is 1. The molecule has 0 saturated heterocycles. The fraction of sp³-hybridized carbons (Fsp3) is 0.533. The molecule has 21 heavy (non-hydrogen) atoms. The van der Waals surface area contributed by atoms with Crippen LogP contribution in [-0.2, 0) is 4.74 Å². The maximum absolute atomic E-state index is 11.9. The molecule has 0 unspecified atom stereocenters. The van der Waals surface area contributed by atoms with Gasteiger partial charge >= 0.3 is 0 Å². The van der Waals surface area contributed by atoms with Crippen molar-refractivity contribution in [2.75, 3.05) is 37.9 Å². The van der Waals surface area contributed by atoms with Crippen molar-refractivity contribution in [3.63, 3.8) is 0 Å². The van der Waals surface area contributed by atoms with Gasteiger partial charge in [-0.2, -0.15) is 0 Å². The van der Waals surface area contributed by atoms with Gasteiger partial charge in [0.1, 0.15) is 4.88 Å². The average molecular weight is 309 g/mol. The van der Waals surface area contributed by atoms with Crippen LogP contribution < -0.4 is 16.4 Å². The minimum absolute atomic E-state index is 0.147. The second kappa shape index (κ2) is 6.95. The van der Waals surface area contributed by atoms with E-state index in [1.807, 2.05) is 6.07 Å². The molecule has 0 spiro atoms. The molecule has 116 valence electrons. The van der Waals surface area contributed by atoms with E-state index in [2.05, 4.69) is 17.2 Å². The van der Waals surface area contributed by atoms with E-state index in [1.165, 1.54) is 24.2 Å². The van der Waals surface area contributed by atoms with Crippen molar-refractivity contribution in [1.82, 2.24) is 5.32 Å². The van der Waals surface area contributed by atoms with E-state index < -0.39 is 0 Å². The van der Waals surface area contributed by atoms with Gasteiger partial charge in [0.25, 0.3) is 5.91 Å². The number of carbonyl (C=O) groups excluding carboxylic acids is 1. The van der Waals surface area contributed by atoms with Crippen molar-refractivity contribution < 1.29 is 9.53 Å². The third kappa shape index (κ3) is 4.22. The largest absolute Gasteiger partial charge is 0.397 e. The summed E-state index contributed by atoms with van der Waals surface area (Å²) in [5.74, 6) is -0.147. The van der Waals surface area contributed by atoms with Gasteiger partial charge < -0.3 is 21.1 Å². The van der Waals surface area contributed by atoms with Gasteiger partial charge in [0.15, 0.2) is 0 Å². The highest BCUT2D eigenvalue weighted by atomic mass is 32.1. The fourth-order valence-electron chi connectivity index (χ4n) is 2.20. The molecule has 6 heteroatoms. The van der Waals surface area contributed by atoms with Crippen molar-refractivity contribution >= 4 is 27.9 Å². The summed E-state index contributed by atoms with van der Waals surface area (Å²) < 4.78 is 5.16. The Balaban J connectivity index is 1.90. The molecule has 1 amide bonds. The quantitative estimate of drug-likeness (QED) is 0.613. The molecule has 1 heterocycles. The summed E-state index contributed by atoms with van der Waals surface area (Å²) in [6.45, 7) is 5.72. The van der Waals surface area contributed by atoms with Gasteiger partial charge in [-0.25, -0.2) is 0 Å². The highest BCUT2D eigenvalue weighted by Crippen LogP contribution is 2.49. The molecule has 0 radical (unpaired) electrons. The van der Waals surface area contributed by atoms with Gasteiger partial charge in [-0.3, -0.25) is 4.79 Å². The number of carbonyl (C=O) groups is 1. The highest BCUT2D eigenvalue weighted by Gasteiger charge is 2.41. The van der Waals surface area contributed by atoms with E-state index in [0.717, 1.165) is 24.6 Å². The Kier molecular flexibility index (Phi) is 5.25. The molecule has 1 fully saturated rings. The molecule has 4 N–H and O–H groups in total. The minimum Gasteiger partial charge on any atom is -0.397 e. The van der Waals surface area contributed by atoms with Gasteiger partial charge in [-0.1, -0.05) is 6.08 Å². The van der Waals surface area contributed by atoms with Crippen LogP contribution in [0.2, 0.25) is 0 Å². The Hall–Kier alpha value is -1.53. The lowest BCUT2D eigenvalue weighted by atomic mass is 10.0. The van der Waals surface area contributed by atoms with E-state index in [9.17, 15) is 4.79 Å². The number of nitrogens with two attached hydrogens (primary N) is 1. The Labute approximate surface area is 129 Å². The van der Waals surface area contributed by atoms with Crippen LogP contribution in [0.4, 0.5) is 10.7 Å². The molecule has 0 atom stereocenters. The third-order valence-corrected chi connectivity index (χ3v) is 4.91. The minimum atomic E-state index is -0.147. The Bertz CT molecular complexity index is 509. The van der Waals surface area contributed by atoms with Gasteiger partial charge in [-0.05, 0) is 30.7 Å².